The number of hydrogen-bond acceptors (Lipinski definition) is 5. The number of rotatable bonds is 7. The molecule has 1 aromatic heterocycles. The molecular formula is C27H35N7O4. The van der Waals surface area contributed by atoms with Crippen LogP contribution in [0.1, 0.15) is 37.7 Å². The average molecular weight is 522 g/mol. The van der Waals surface area contributed by atoms with Gasteiger partial charge in [0.25, 0.3) is 0 Å². The second-order valence-electron chi connectivity index (χ2n) is 9.76. The van der Waals surface area contributed by atoms with Crippen LogP contribution in [0.3, 0.4) is 0 Å². The number of primary amides is 1. The number of anilines is 1. The highest BCUT2D eigenvalue weighted by Gasteiger charge is 2.39. The number of para-hydroxylation sites is 1. The van der Waals surface area contributed by atoms with Crippen molar-refractivity contribution >= 4 is 29.6 Å². The van der Waals surface area contributed by atoms with E-state index >= 15 is 0 Å². The lowest BCUT2D eigenvalue weighted by Crippen LogP contribution is -2.65. The third-order valence-corrected chi connectivity index (χ3v) is 7.01. The number of aromatic nitrogens is 1. The van der Waals surface area contributed by atoms with E-state index < -0.39 is 23.9 Å². The normalized spacial score (nSPS) is 18.8. The number of urea groups is 2. The van der Waals surface area contributed by atoms with Crippen molar-refractivity contribution in [2.24, 2.45) is 5.73 Å². The molecule has 0 bridgehead atoms. The number of benzene rings is 1. The van der Waals surface area contributed by atoms with Gasteiger partial charge in [-0.1, -0.05) is 43.5 Å². The molecule has 2 atom stereocenters. The molecule has 1 saturated carbocycles. The molecule has 6 amide bonds. The Morgan fingerprint density at radius 3 is 2.42 bits per heavy atom. The van der Waals surface area contributed by atoms with E-state index in [9.17, 15) is 19.2 Å². The fourth-order valence-electron chi connectivity index (χ4n) is 4.91. The number of carbonyl (C=O) groups excluding carboxylic acids is 4. The molecule has 1 aromatic carbocycles. The lowest BCUT2D eigenvalue weighted by Gasteiger charge is -2.41. The Bertz CT molecular complexity index is 1110. The number of amides is 6. The summed E-state index contributed by atoms with van der Waals surface area (Å²) >= 11 is 0. The fraction of sp³-hybridized carbons (Fsp3) is 0.444. The smallest absolute Gasteiger partial charge is 0.321 e. The number of pyridine rings is 1. The summed E-state index contributed by atoms with van der Waals surface area (Å²) in [5.74, 6) is -1.25. The molecular weight excluding hydrogens is 486 g/mol. The van der Waals surface area contributed by atoms with E-state index in [1.165, 1.54) is 9.80 Å². The van der Waals surface area contributed by atoms with Gasteiger partial charge in [-0.2, -0.15) is 0 Å². The van der Waals surface area contributed by atoms with Crippen LogP contribution < -0.4 is 21.7 Å². The summed E-state index contributed by atoms with van der Waals surface area (Å²) in [7, 11) is 0. The predicted octanol–water partition coefficient (Wildman–Crippen LogP) is 1.85. The van der Waals surface area contributed by atoms with E-state index in [0.29, 0.717) is 5.69 Å². The Hall–Kier alpha value is -4.15. The second kappa shape index (κ2) is 12.9. The van der Waals surface area contributed by atoms with Gasteiger partial charge in [-0.25, -0.2) is 9.59 Å². The summed E-state index contributed by atoms with van der Waals surface area (Å²) in [6, 6.07) is 9.88. The van der Waals surface area contributed by atoms with Gasteiger partial charge in [0.1, 0.15) is 12.1 Å². The van der Waals surface area contributed by atoms with Crippen LogP contribution in [0.15, 0.2) is 54.9 Å². The first-order valence-corrected chi connectivity index (χ1v) is 13.1. The fourth-order valence-corrected chi connectivity index (χ4v) is 4.91. The maximum Gasteiger partial charge on any atom is 0.321 e. The van der Waals surface area contributed by atoms with Gasteiger partial charge >= 0.3 is 12.1 Å². The van der Waals surface area contributed by atoms with Gasteiger partial charge in [-0.3, -0.25) is 14.6 Å². The Morgan fingerprint density at radius 1 is 0.974 bits per heavy atom. The van der Waals surface area contributed by atoms with Crippen LogP contribution in [0.2, 0.25) is 0 Å². The first-order chi connectivity index (χ1) is 18.4. The minimum absolute atomic E-state index is 0.0268. The Morgan fingerprint density at radius 2 is 1.74 bits per heavy atom. The first kappa shape index (κ1) is 26.9. The van der Waals surface area contributed by atoms with E-state index in [-0.39, 0.29) is 44.2 Å². The molecule has 2 aliphatic rings. The van der Waals surface area contributed by atoms with Crippen molar-refractivity contribution < 1.29 is 19.2 Å². The van der Waals surface area contributed by atoms with Gasteiger partial charge in [-0.15, -0.1) is 0 Å². The van der Waals surface area contributed by atoms with Crippen molar-refractivity contribution in [1.29, 1.82) is 0 Å². The summed E-state index contributed by atoms with van der Waals surface area (Å²) in [6.45, 7) is 0.402. The molecule has 1 aliphatic carbocycles. The first-order valence-electron chi connectivity index (χ1n) is 13.1. The van der Waals surface area contributed by atoms with Crippen LogP contribution in [-0.4, -0.2) is 76.4 Å². The number of nitrogens with zero attached hydrogens (tertiary/aromatic N) is 3. The number of hydrogen-bond donors (Lipinski definition) is 4. The Balaban J connectivity index is 1.48. The molecule has 1 aliphatic heterocycles. The van der Waals surface area contributed by atoms with E-state index in [1.807, 2.05) is 18.2 Å². The molecule has 0 spiro atoms. The number of carbonyl (C=O) groups is 4. The Kier molecular flexibility index (Phi) is 9.12. The van der Waals surface area contributed by atoms with E-state index in [2.05, 4.69) is 20.9 Å². The minimum atomic E-state index is -0.997. The summed E-state index contributed by atoms with van der Waals surface area (Å²) in [4.78, 5) is 59.0. The summed E-state index contributed by atoms with van der Waals surface area (Å²) in [5.41, 5.74) is 6.96. The van der Waals surface area contributed by atoms with Gasteiger partial charge in [0.05, 0.1) is 6.54 Å². The maximum atomic E-state index is 13.5. The second-order valence-corrected chi connectivity index (χ2v) is 9.76. The van der Waals surface area contributed by atoms with Gasteiger partial charge < -0.3 is 31.5 Å². The molecule has 1 saturated heterocycles. The molecule has 11 nitrogen and oxygen atoms in total. The van der Waals surface area contributed by atoms with E-state index in [0.717, 1.165) is 37.7 Å². The molecule has 4 rings (SSSR count). The number of nitrogens with one attached hydrogen (secondary N) is 3. The largest absolute Gasteiger partial charge is 0.368 e. The highest BCUT2D eigenvalue weighted by molar-refractivity contribution is 5.94. The molecule has 2 unspecified atom stereocenters. The SMILES string of the molecule is NC(=O)C(Cc1cccnc1)NC(=O)C1CN(C(=O)Nc2ccccc2)CCN1C(=O)NC1CCCCC1. The summed E-state index contributed by atoms with van der Waals surface area (Å²) < 4.78 is 0. The van der Waals surface area contributed by atoms with Gasteiger partial charge in [-0.05, 0) is 36.6 Å². The van der Waals surface area contributed by atoms with Crippen LogP contribution >= 0.6 is 0 Å². The van der Waals surface area contributed by atoms with Crippen molar-refractivity contribution in [1.82, 2.24) is 25.4 Å². The maximum absolute atomic E-state index is 13.5. The van der Waals surface area contributed by atoms with E-state index in [1.54, 1.807) is 36.7 Å². The highest BCUT2D eigenvalue weighted by Crippen LogP contribution is 2.19. The monoisotopic (exact) mass is 521 g/mol. The van der Waals surface area contributed by atoms with Crippen LogP contribution in [0.25, 0.3) is 0 Å². The van der Waals surface area contributed by atoms with Crippen molar-refractivity contribution in [3.63, 3.8) is 0 Å². The van der Waals surface area contributed by atoms with Crippen LogP contribution in [0.5, 0.6) is 0 Å². The molecule has 2 heterocycles. The molecule has 2 fully saturated rings. The zero-order chi connectivity index (χ0) is 26.9. The molecule has 11 heteroatoms. The third-order valence-electron chi connectivity index (χ3n) is 7.01. The minimum Gasteiger partial charge on any atom is -0.368 e. The van der Waals surface area contributed by atoms with Gasteiger partial charge in [0.2, 0.25) is 11.8 Å². The molecule has 2 aromatic rings. The van der Waals surface area contributed by atoms with Crippen molar-refractivity contribution in [2.75, 3.05) is 25.0 Å². The van der Waals surface area contributed by atoms with E-state index in [4.69, 9.17) is 5.73 Å². The highest BCUT2D eigenvalue weighted by atomic mass is 16.2. The summed E-state index contributed by atoms with van der Waals surface area (Å²) in [6.07, 6.45) is 8.43. The molecule has 202 valence electrons. The van der Waals surface area contributed by atoms with Crippen molar-refractivity contribution in [2.45, 2.75) is 56.7 Å². The predicted molar refractivity (Wildman–Crippen MR) is 142 cm³/mol. The van der Waals surface area contributed by atoms with Gasteiger partial charge in [0, 0.05) is 43.6 Å². The van der Waals surface area contributed by atoms with Crippen LogP contribution in [-0.2, 0) is 16.0 Å². The standard InChI is InChI=1S/C27H35N7O4/c28-24(35)22(16-19-8-7-13-29-17-19)32-25(36)23-18-33(26(37)30-20-9-3-1-4-10-20)14-15-34(23)27(38)31-21-11-5-2-6-12-21/h1,3-4,7-10,13,17,21-23H,2,5-6,11-12,14-16,18H2,(H2,28,35)(H,30,37)(H,31,38)(H,32,36). The number of nitrogens with two attached hydrogens (primary N) is 1. The lowest BCUT2D eigenvalue weighted by molar-refractivity contribution is -0.131. The molecule has 38 heavy (non-hydrogen) atoms. The lowest BCUT2D eigenvalue weighted by atomic mass is 9.95. The number of piperazine rings is 1. The Labute approximate surface area is 222 Å². The average Bonchev–Trinajstić information content (AvgIpc) is 2.94. The van der Waals surface area contributed by atoms with Gasteiger partial charge in [0.15, 0.2) is 0 Å². The van der Waals surface area contributed by atoms with Crippen molar-refractivity contribution in [3.8, 4) is 0 Å². The third kappa shape index (κ3) is 7.21. The summed E-state index contributed by atoms with van der Waals surface area (Å²) in [5, 5.41) is 8.60. The quantitative estimate of drug-likeness (QED) is 0.439. The zero-order valence-corrected chi connectivity index (χ0v) is 21.3. The van der Waals surface area contributed by atoms with Crippen LogP contribution in [0, 0.1) is 0 Å². The van der Waals surface area contributed by atoms with Crippen LogP contribution in [0.4, 0.5) is 15.3 Å². The molecule has 5 N–H and O–H groups in total. The zero-order valence-electron chi connectivity index (χ0n) is 21.3. The van der Waals surface area contributed by atoms with Crippen molar-refractivity contribution in [3.05, 3.63) is 60.4 Å². The molecule has 0 radical (unpaired) electrons. The topological polar surface area (TPSA) is 150 Å².